The molecule has 6 heteroatoms. The Morgan fingerprint density at radius 1 is 1.21 bits per heavy atom. The van der Waals surface area contributed by atoms with Crippen molar-refractivity contribution in [1.29, 1.82) is 0 Å². The fraction of sp³-hybridized carbons (Fsp3) is 0.389. The third kappa shape index (κ3) is 6.68. The van der Waals surface area contributed by atoms with Crippen LogP contribution in [0.5, 0.6) is 5.75 Å². The van der Waals surface area contributed by atoms with Crippen LogP contribution in [-0.2, 0) is 0 Å². The van der Waals surface area contributed by atoms with Crippen molar-refractivity contribution in [3.63, 3.8) is 0 Å². The van der Waals surface area contributed by atoms with E-state index < -0.39 is 0 Å². The van der Waals surface area contributed by atoms with Crippen LogP contribution in [0.1, 0.15) is 31.2 Å². The van der Waals surface area contributed by atoms with Crippen molar-refractivity contribution in [2.24, 2.45) is 4.99 Å². The van der Waals surface area contributed by atoms with Crippen molar-refractivity contribution >= 4 is 41.3 Å². The first-order chi connectivity index (χ1) is 11.2. The maximum atomic E-state index is 5.99. The van der Waals surface area contributed by atoms with Gasteiger partial charge in [0.25, 0.3) is 0 Å². The van der Waals surface area contributed by atoms with E-state index in [9.17, 15) is 0 Å². The summed E-state index contributed by atoms with van der Waals surface area (Å²) in [5.41, 5.74) is 0. The number of halogens is 1. The first-order valence-electron chi connectivity index (χ1n) is 7.95. The van der Waals surface area contributed by atoms with Crippen molar-refractivity contribution in [3.05, 3.63) is 52.7 Å². The Morgan fingerprint density at radius 2 is 1.96 bits per heavy atom. The van der Waals surface area contributed by atoms with Crippen molar-refractivity contribution in [1.82, 2.24) is 10.6 Å². The summed E-state index contributed by atoms with van der Waals surface area (Å²) in [5.74, 6) is 1.69. The second kappa shape index (κ2) is 11.3. The Morgan fingerprint density at radius 3 is 2.54 bits per heavy atom. The van der Waals surface area contributed by atoms with E-state index in [1.165, 1.54) is 4.88 Å². The highest BCUT2D eigenvalue weighted by Crippen LogP contribution is 2.17. The van der Waals surface area contributed by atoms with E-state index >= 15 is 0 Å². The number of benzene rings is 1. The summed E-state index contributed by atoms with van der Waals surface area (Å²) in [4.78, 5) is 5.59. The summed E-state index contributed by atoms with van der Waals surface area (Å²) in [6.07, 6.45) is 1.03. The molecule has 4 nitrogen and oxygen atoms in total. The third-order valence-electron chi connectivity index (χ3n) is 3.55. The summed E-state index contributed by atoms with van der Waals surface area (Å²) in [6.45, 7) is 4.97. The van der Waals surface area contributed by atoms with Gasteiger partial charge in [-0.15, -0.1) is 35.3 Å². The number of hydrogen-bond donors (Lipinski definition) is 2. The fourth-order valence-corrected chi connectivity index (χ4v) is 2.91. The molecule has 1 aromatic carbocycles. The van der Waals surface area contributed by atoms with Gasteiger partial charge in [0.1, 0.15) is 11.9 Å². The molecule has 0 radical (unpaired) electrons. The molecule has 0 bridgehead atoms. The van der Waals surface area contributed by atoms with Crippen molar-refractivity contribution < 1.29 is 4.74 Å². The van der Waals surface area contributed by atoms with Gasteiger partial charge in [-0.1, -0.05) is 31.2 Å². The number of rotatable bonds is 7. The number of aliphatic imine (C=N–C) groups is 1. The van der Waals surface area contributed by atoms with E-state index in [1.807, 2.05) is 30.3 Å². The smallest absolute Gasteiger partial charge is 0.191 e. The molecule has 2 aromatic rings. The van der Waals surface area contributed by atoms with Crippen LogP contribution < -0.4 is 15.4 Å². The van der Waals surface area contributed by atoms with E-state index in [1.54, 1.807) is 18.4 Å². The van der Waals surface area contributed by atoms with Crippen molar-refractivity contribution in [2.45, 2.75) is 32.4 Å². The summed E-state index contributed by atoms with van der Waals surface area (Å²) < 4.78 is 5.99. The van der Waals surface area contributed by atoms with Crippen LogP contribution in [0.2, 0.25) is 0 Å². The first-order valence-corrected chi connectivity index (χ1v) is 8.83. The standard InChI is InChI=1S/C18H25N3OS.HI/c1-4-15(22-16-9-6-5-7-10-16)13-20-18(19-3)21-14(2)17-11-8-12-23-17;/h5-12,14-15H,4,13H2,1-3H3,(H2,19,20,21);1H. The lowest BCUT2D eigenvalue weighted by molar-refractivity contribution is 0.199. The van der Waals surface area contributed by atoms with Crippen LogP contribution in [0.15, 0.2) is 52.8 Å². The second-order valence-electron chi connectivity index (χ2n) is 5.30. The average Bonchev–Trinajstić information content (AvgIpc) is 3.12. The highest BCUT2D eigenvalue weighted by molar-refractivity contribution is 14.0. The van der Waals surface area contributed by atoms with Gasteiger partial charge in [0.15, 0.2) is 5.96 Å². The Bertz CT molecular complexity index is 590. The molecule has 0 amide bonds. The van der Waals surface area contributed by atoms with E-state index in [2.05, 4.69) is 47.0 Å². The predicted octanol–water partition coefficient (Wildman–Crippen LogP) is 4.45. The maximum Gasteiger partial charge on any atom is 0.191 e. The lowest BCUT2D eigenvalue weighted by Crippen LogP contribution is -2.43. The minimum Gasteiger partial charge on any atom is -0.489 e. The summed E-state index contributed by atoms with van der Waals surface area (Å²) in [5, 5.41) is 8.85. The van der Waals surface area contributed by atoms with Gasteiger partial charge in [0.05, 0.1) is 12.6 Å². The van der Waals surface area contributed by atoms with Crippen LogP contribution in [0.25, 0.3) is 0 Å². The third-order valence-corrected chi connectivity index (χ3v) is 4.60. The Hall–Kier alpha value is -1.28. The molecule has 1 heterocycles. The van der Waals surface area contributed by atoms with Gasteiger partial charge >= 0.3 is 0 Å². The summed E-state index contributed by atoms with van der Waals surface area (Å²) >= 11 is 1.74. The number of para-hydroxylation sites is 1. The molecule has 132 valence electrons. The Labute approximate surface area is 165 Å². The van der Waals surface area contributed by atoms with Crippen LogP contribution in [0, 0.1) is 0 Å². The molecule has 0 saturated heterocycles. The lowest BCUT2D eigenvalue weighted by Gasteiger charge is -2.21. The predicted molar refractivity (Wildman–Crippen MR) is 114 cm³/mol. The topological polar surface area (TPSA) is 45.7 Å². The molecule has 2 rings (SSSR count). The molecular weight excluding hydrogens is 433 g/mol. The zero-order chi connectivity index (χ0) is 16.5. The first kappa shape index (κ1) is 20.8. The lowest BCUT2D eigenvalue weighted by atomic mass is 10.2. The van der Waals surface area contributed by atoms with E-state index in [4.69, 9.17) is 4.74 Å². The number of thiophene rings is 1. The molecule has 0 fully saturated rings. The van der Waals surface area contributed by atoms with E-state index in [0.717, 1.165) is 18.1 Å². The molecular formula is C18H26IN3OS. The number of guanidine groups is 1. The van der Waals surface area contributed by atoms with E-state index in [0.29, 0.717) is 6.54 Å². The number of nitrogens with zero attached hydrogens (tertiary/aromatic N) is 1. The monoisotopic (exact) mass is 459 g/mol. The minimum atomic E-state index is 0. The van der Waals surface area contributed by atoms with Gasteiger partial charge in [-0.05, 0) is 36.9 Å². The number of hydrogen-bond acceptors (Lipinski definition) is 3. The van der Waals surface area contributed by atoms with Gasteiger partial charge in [-0.25, -0.2) is 0 Å². The summed E-state index contributed by atoms with van der Waals surface area (Å²) in [6, 6.07) is 14.3. The van der Waals surface area contributed by atoms with Gasteiger partial charge in [0, 0.05) is 11.9 Å². The van der Waals surface area contributed by atoms with Gasteiger partial charge in [-0.3, -0.25) is 4.99 Å². The molecule has 0 spiro atoms. The minimum absolute atomic E-state index is 0. The molecule has 0 aliphatic carbocycles. The van der Waals surface area contributed by atoms with Crippen molar-refractivity contribution in [2.75, 3.05) is 13.6 Å². The van der Waals surface area contributed by atoms with Crippen LogP contribution in [-0.4, -0.2) is 25.7 Å². The molecule has 24 heavy (non-hydrogen) atoms. The zero-order valence-corrected chi connectivity index (χ0v) is 17.5. The molecule has 0 aliphatic heterocycles. The zero-order valence-electron chi connectivity index (χ0n) is 14.4. The Balaban J connectivity index is 0.00000288. The molecule has 0 saturated carbocycles. The largest absolute Gasteiger partial charge is 0.489 e. The van der Waals surface area contributed by atoms with Crippen LogP contribution in [0.4, 0.5) is 0 Å². The highest BCUT2D eigenvalue weighted by atomic mass is 127. The van der Waals surface area contributed by atoms with E-state index in [-0.39, 0.29) is 36.1 Å². The fourth-order valence-electron chi connectivity index (χ4n) is 2.18. The number of ether oxygens (including phenoxy) is 1. The quantitative estimate of drug-likeness (QED) is 0.366. The highest BCUT2D eigenvalue weighted by Gasteiger charge is 2.12. The van der Waals surface area contributed by atoms with Gasteiger partial charge in [0.2, 0.25) is 0 Å². The molecule has 2 atom stereocenters. The normalized spacial score (nSPS) is 13.5. The molecule has 2 N–H and O–H groups in total. The SMILES string of the molecule is CCC(CNC(=NC)NC(C)c1cccs1)Oc1ccccc1.I. The Kier molecular flexibility index (Phi) is 9.78. The maximum absolute atomic E-state index is 5.99. The molecule has 1 aromatic heterocycles. The number of nitrogens with one attached hydrogen (secondary N) is 2. The van der Waals surface area contributed by atoms with Gasteiger partial charge < -0.3 is 15.4 Å². The second-order valence-corrected chi connectivity index (χ2v) is 6.27. The van der Waals surface area contributed by atoms with Crippen LogP contribution in [0.3, 0.4) is 0 Å². The molecule has 2 unspecified atom stereocenters. The van der Waals surface area contributed by atoms with Crippen LogP contribution >= 0.6 is 35.3 Å². The average molecular weight is 459 g/mol. The van der Waals surface area contributed by atoms with Gasteiger partial charge in [-0.2, -0.15) is 0 Å². The van der Waals surface area contributed by atoms with Crippen molar-refractivity contribution in [3.8, 4) is 5.75 Å². The molecule has 0 aliphatic rings. The summed E-state index contributed by atoms with van der Waals surface area (Å²) in [7, 11) is 1.79.